The molecule has 1 aliphatic rings. The average Bonchev–Trinajstić information content (AvgIpc) is 3.31. The van der Waals surface area contributed by atoms with Gasteiger partial charge in [-0.15, -0.1) is 5.10 Å². The topological polar surface area (TPSA) is 87.5 Å². The van der Waals surface area contributed by atoms with Crippen LogP contribution in [0.2, 0.25) is 0 Å². The molecule has 1 atom stereocenters. The van der Waals surface area contributed by atoms with Gasteiger partial charge in [0.2, 0.25) is 11.1 Å². The van der Waals surface area contributed by atoms with Gasteiger partial charge in [-0.05, 0) is 59.0 Å². The Morgan fingerprint density at radius 2 is 1.97 bits per heavy atom. The Kier molecular flexibility index (Phi) is 9.15. The molecule has 1 N–H and O–H groups in total. The molecule has 1 aromatic heterocycles. The average molecular weight is 588 g/mol. The van der Waals surface area contributed by atoms with Crippen molar-refractivity contribution in [2.45, 2.75) is 51.4 Å². The number of hydrogen-bond donors (Lipinski definition) is 1. The maximum atomic E-state index is 13.3. The van der Waals surface area contributed by atoms with Gasteiger partial charge in [-0.2, -0.15) is 4.98 Å². The fraction of sp³-hybridized carbons (Fsp3) is 0.370. The molecule has 1 aliphatic heterocycles. The Morgan fingerprint density at radius 1 is 1.19 bits per heavy atom. The smallest absolute Gasteiger partial charge is 0.338 e. The normalized spacial score (nSPS) is 14.7. The lowest BCUT2D eigenvalue weighted by molar-refractivity contribution is -0.139. The molecule has 0 saturated carbocycles. The van der Waals surface area contributed by atoms with E-state index in [0.717, 1.165) is 29.7 Å². The number of rotatable bonds is 11. The molecule has 0 fully saturated rings. The lowest BCUT2D eigenvalue weighted by Crippen LogP contribution is -2.30. The van der Waals surface area contributed by atoms with E-state index in [1.54, 1.807) is 23.6 Å². The number of fused-ring (bicyclic) bond motifs is 1. The summed E-state index contributed by atoms with van der Waals surface area (Å²) in [6.07, 6.45) is 1.74. The minimum atomic E-state index is -0.558. The van der Waals surface area contributed by atoms with Crippen LogP contribution in [0.25, 0.3) is 0 Å². The van der Waals surface area contributed by atoms with Gasteiger partial charge in [-0.1, -0.05) is 55.9 Å². The molecule has 196 valence electrons. The first-order valence-corrected chi connectivity index (χ1v) is 14.0. The SMILES string of the molecule is CCCOC(=O)C1=C(C)Nc2nc(SCCC)nn2C1c1cc(Br)c(OCc2ccccc2)c(OC)c1. The predicted octanol–water partition coefficient (Wildman–Crippen LogP) is 6.37. The minimum absolute atomic E-state index is 0.337. The first-order valence-electron chi connectivity index (χ1n) is 12.2. The van der Waals surface area contributed by atoms with Crippen LogP contribution in [0.5, 0.6) is 11.5 Å². The number of benzene rings is 2. The van der Waals surface area contributed by atoms with E-state index in [-0.39, 0.29) is 5.97 Å². The van der Waals surface area contributed by atoms with Gasteiger partial charge in [0.15, 0.2) is 11.5 Å². The molecule has 0 saturated heterocycles. The van der Waals surface area contributed by atoms with Crippen molar-refractivity contribution in [3.8, 4) is 11.5 Å². The molecule has 1 unspecified atom stereocenters. The van der Waals surface area contributed by atoms with Crippen molar-refractivity contribution in [2.24, 2.45) is 0 Å². The predicted molar refractivity (Wildman–Crippen MR) is 148 cm³/mol. The summed E-state index contributed by atoms with van der Waals surface area (Å²) in [6.45, 7) is 6.66. The third-order valence-corrected chi connectivity index (χ3v) is 7.35. The van der Waals surface area contributed by atoms with Crippen LogP contribution < -0.4 is 14.8 Å². The summed E-state index contributed by atoms with van der Waals surface area (Å²) in [5.74, 6) is 2.21. The summed E-state index contributed by atoms with van der Waals surface area (Å²) in [6, 6.07) is 13.2. The summed E-state index contributed by atoms with van der Waals surface area (Å²) < 4.78 is 19.9. The number of nitrogens with one attached hydrogen (secondary N) is 1. The van der Waals surface area contributed by atoms with E-state index in [2.05, 4.69) is 33.2 Å². The number of ether oxygens (including phenoxy) is 3. The van der Waals surface area contributed by atoms with Crippen molar-refractivity contribution < 1.29 is 19.0 Å². The zero-order valence-electron chi connectivity index (χ0n) is 21.4. The standard InChI is InChI=1S/C27H31BrN4O4S/c1-5-12-35-25(33)22-17(3)29-26-30-27(37-13-6-2)31-32(26)23(22)19-14-20(28)24(21(15-19)34-4)36-16-18-10-8-7-9-11-18/h7-11,14-15,23H,5-6,12-13,16H2,1-4H3,(H,29,30,31). The van der Waals surface area contributed by atoms with E-state index in [1.807, 2.05) is 56.3 Å². The third-order valence-electron chi connectivity index (χ3n) is 5.72. The van der Waals surface area contributed by atoms with Crippen LogP contribution in [0, 0.1) is 0 Å². The van der Waals surface area contributed by atoms with Crippen molar-refractivity contribution >= 4 is 39.6 Å². The maximum absolute atomic E-state index is 13.3. The lowest BCUT2D eigenvalue weighted by Gasteiger charge is -2.28. The number of allylic oxidation sites excluding steroid dienone is 1. The minimum Gasteiger partial charge on any atom is -0.493 e. The molecule has 2 aromatic carbocycles. The van der Waals surface area contributed by atoms with Crippen molar-refractivity contribution in [3.05, 3.63) is 69.3 Å². The molecule has 0 amide bonds. The highest BCUT2D eigenvalue weighted by atomic mass is 79.9. The molecule has 10 heteroatoms. The summed E-state index contributed by atoms with van der Waals surface area (Å²) in [5.41, 5.74) is 2.99. The number of nitrogens with zero attached hydrogens (tertiary/aromatic N) is 3. The van der Waals surface area contributed by atoms with E-state index >= 15 is 0 Å². The van der Waals surface area contributed by atoms with Crippen LogP contribution in [0.4, 0.5) is 5.95 Å². The highest BCUT2D eigenvalue weighted by Crippen LogP contribution is 2.43. The number of aromatic nitrogens is 3. The molecule has 4 rings (SSSR count). The molecule has 2 heterocycles. The van der Waals surface area contributed by atoms with Crippen LogP contribution in [-0.4, -0.2) is 40.2 Å². The van der Waals surface area contributed by atoms with Gasteiger partial charge in [-0.3, -0.25) is 0 Å². The number of esters is 1. The second-order valence-electron chi connectivity index (χ2n) is 8.52. The lowest BCUT2D eigenvalue weighted by atomic mass is 9.95. The zero-order chi connectivity index (χ0) is 26.4. The largest absolute Gasteiger partial charge is 0.493 e. The van der Waals surface area contributed by atoms with Crippen LogP contribution in [0.3, 0.4) is 0 Å². The van der Waals surface area contributed by atoms with Crippen molar-refractivity contribution in [1.82, 2.24) is 14.8 Å². The van der Waals surface area contributed by atoms with Gasteiger partial charge in [0.25, 0.3) is 0 Å². The molecule has 37 heavy (non-hydrogen) atoms. The van der Waals surface area contributed by atoms with Gasteiger partial charge >= 0.3 is 5.97 Å². The number of halogens is 1. The Morgan fingerprint density at radius 3 is 2.68 bits per heavy atom. The van der Waals surface area contributed by atoms with E-state index in [0.29, 0.717) is 51.6 Å². The number of anilines is 1. The number of carbonyl (C=O) groups excluding carboxylic acids is 1. The van der Waals surface area contributed by atoms with Crippen LogP contribution in [-0.2, 0) is 16.1 Å². The van der Waals surface area contributed by atoms with Gasteiger partial charge in [-0.25, -0.2) is 9.48 Å². The number of thioether (sulfide) groups is 1. The first kappa shape index (κ1) is 27.1. The van der Waals surface area contributed by atoms with E-state index in [9.17, 15) is 4.79 Å². The third kappa shape index (κ3) is 6.13. The van der Waals surface area contributed by atoms with Gasteiger partial charge in [0, 0.05) is 11.4 Å². The van der Waals surface area contributed by atoms with Crippen LogP contribution >= 0.6 is 27.7 Å². The van der Waals surface area contributed by atoms with E-state index < -0.39 is 6.04 Å². The summed E-state index contributed by atoms with van der Waals surface area (Å²) in [7, 11) is 1.60. The number of carbonyl (C=O) groups is 1. The first-order chi connectivity index (χ1) is 18.0. The fourth-order valence-corrected chi connectivity index (χ4v) is 5.26. The van der Waals surface area contributed by atoms with Crippen molar-refractivity contribution in [3.63, 3.8) is 0 Å². The van der Waals surface area contributed by atoms with Gasteiger partial charge < -0.3 is 19.5 Å². The van der Waals surface area contributed by atoms with E-state index in [4.69, 9.17) is 19.3 Å². The fourth-order valence-electron chi connectivity index (χ4n) is 4.00. The Hall–Kier alpha value is -2.98. The number of methoxy groups -OCH3 is 1. The molecular formula is C27H31BrN4O4S. The molecule has 0 aliphatic carbocycles. The Balaban J connectivity index is 1.75. The van der Waals surface area contributed by atoms with Crippen molar-refractivity contribution in [1.29, 1.82) is 0 Å². The summed E-state index contributed by atoms with van der Waals surface area (Å²) in [4.78, 5) is 17.9. The summed E-state index contributed by atoms with van der Waals surface area (Å²) >= 11 is 5.25. The quantitative estimate of drug-likeness (QED) is 0.205. The zero-order valence-corrected chi connectivity index (χ0v) is 23.8. The highest BCUT2D eigenvalue weighted by molar-refractivity contribution is 9.10. The van der Waals surface area contributed by atoms with Crippen molar-refractivity contribution in [2.75, 3.05) is 24.8 Å². The Bertz CT molecular complexity index is 1280. The second kappa shape index (κ2) is 12.5. The highest BCUT2D eigenvalue weighted by Gasteiger charge is 2.36. The summed E-state index contributed by atoms with van der Waals surface area (Å²) in [5, 5.41) is 8.65. The van der Waals surface area contributed by atoms with Crippen LogP contribution in [0.15, 0.2) is 63.4 Å². The molecular weight excluding hydrogens is 556 g/mol. The molecule has 0 bridgehead atoms. The molecule has 0 spiro atoms. The Labute approximate surface area is 229 Å². The van der Waals surface area contributed by atoms with Crippen LogP contribution in [0.1, 0.15) is 50.8 Å². The molecule has 8 nitrogen and oxygen atoms in total. The van der Waals surface area contributed by atoms with E-state index in [1.165, 1.54) is 0 Å². The maximum Gasteiger partial charge on any atom is 0.338 e. The van der Waals surface area contributed by atoms with Gasteiger partial charge in [0.05, 0.1) is 23.8 Å². The monoisotopic (exact) mass is 586 g/mol. The number of hydrogen-bond acceptors (Lipinski definition) is 8. The van der Waals surface area contributed by atoms with Gasteiger partial charge in [0.1, 0.15) is 12.6 Å². The molecule has 0 radical (unpaired) electrons. The second-order valence-corrected chi connectivity index (χ2v) is 10.4. The molecule has 3 aromatic rings.